The van der Waals surface area contributed by atoms with E-state index in [4.69, 9.17) is 18.9 Å². The number of esters is 1. The minimum Gasteiger partial charge on any atom is -0.477 e. The van der Waals surface area contributed by atoms with E-state index >= 15 is 0 Å². The third-order valence-electron chi connectivity index (χ3n) is 6.37. The van der Waals surface area contributed by atoms with Crippen molar-refractivity contribution in [3.63, 3.8) is 0 Å². The number of carbonyl (C=O) groups is 1. The molecule has 0 amide bonds. The van der Waals surface area contributed by atoms with E-state index in [2.05, 4.69) is 22.3 Å². The first-order valence-corrected chi connectivity index (χ1v) is 12.7. The fourth-order valence-corrected chi connectivity index (χ4v) is 4.35. The fraction of sp³-hybridized carbons (Fsp3) is 0.444. The molecule has 0 saturated carbocycles. The predicted octanol–water partition coefficient (Wildman–Crippen LogP) is 4.44. The number of nitro benzene ring substituents is 1. The van der Waals surface area contributed by atoms with Crippen molar-refractivity contribution in [2.24, 2.45) is 13.0 Å². The van der Waals surface area contributed by atoms with Gasteiger partial charge in [-0.05, 0) is 49.9 Å². The zero-order valence-corrected chi connectivity index (χ0v) is 22.5. The molecule has 3 heterocycles. The highest BCUT2D eigenvalue weighted by atomic mass is 16.7. The van der Waals surface area contributed by atoms with Gasteiger partial charge in [0.15, 0.2) is 6.29 Å². The number of hydrogen-bond acceptors (Lipinski definition) is 10. The van der Waals surface area contributed by atoms with Gasteiger partial charge in [0.1, 0.15) is 5.69 Å². The van der Waals surface area contributed by atoms with Crippen molar-refractivity contribution in [2.45, 2.75) is 33.0 Å². The molecule has 2 aromatic heterocycles. The molecule has 1 saturated heterocycles. The quantitative estimate of drug-likeness (QED) is 0.152. The number of benzene rings is 1. The first kappa shape index (κ1) is 28.0. The summed E-state index contributed by atoms with van der Waals surface area (Å²) in [6, 6.07) is 8.19. The number of pyridine rings is 1. The summed E-state index contributed by atoms with van der Waals surface area (Å²) in [5.74, 6) is 0.342. The molecule has 0 spiro atoms. The van der Waals surface area contributed by atoms with Crippen LogP contribution in [0.2, 0.25) is 0 Å². The number of nitro groups is 1. The lowest BCUT2D eigenvalue weighted by Crippen LogP contribution is -2.14. The van der Waals surface area contributed by atoms with Crippen molar-refractivity contribution in [3.05, 3.63) is 63.5 Å². The van der Waals surface area contributed by atoms with Gasteiger partial charge in [0, 0.05) is 30.9 Å². The van der Waals surface area contributed by atoms with Crippen LogP contribution in [0.1, 0.15) is 47.7 Å². The second-order valence-electron chi connectivity index (χ2n) is 9.44. The maximum Gasteiger partial charge on any atom is 0.337 e. The number of methoxy groups -OCH3 is 1. The first-order chi connectivity index (χ1) is 18.8. The minimum absolute atomic E-state index is 0.0103. The average Bonchev–Trinajstić information content (AvgIpc) is 3.59. The van der Waals surface area contributed by atoms with Gasteiger partial charge >= 0.3 is 5.97 Å². The Morgan fingerprint density at radius 3 is 2.77 bits per heavy atom. The fourth-order valence-electron chi connectivity index (χ4n) is 4.35. The standard InChI is InChI=1S/C27H33N5O7/c1-17(15-28-23-13-19(27-38-10-11-39-27)7-8-24(23)32(34)35)6-5-9-37-25-21(16-29-31(25)3)22-14-20(26(33)36-4)12-18(2)30-22/h7-8,12-14,16-17,27-28H,5-6,9-11,15H2,1-4H3/t17-/m1/s1. The van der Waals surface area contributed by atoms with Crippen molar-refractivity contribution in [1.82, 2.24) is 14.8 Å². The smallest absolute Gasteiger partial charge is 0.337 e. The molecular formula is C27H33N5O7. The summed E-state index contributed by atoms with van der Waals surface area (Å²) in [5.41, 5.74) is 3.54. The summed E-state index contributed by atoms with van der Waals surface area (Å²) in [5, 5.41) is 19.0. The van der Waals surface area contributed by atoms with Crippen LogP contribution in [0, 0.1) is 23.0 Å². The van der Waals surface area contributed by atoms with Crippen LogP contribution >= 0.6 is 0 Å². The number of ether oxygens (including phenoxy) is 4. The lowest BCUT2D eigenvalue weighted by Gasteiger charge is -2.16. The molecule has 208 valence electrons. The Labute approximate surface area is 226 Å². The highest BCUT2D eigenvalue weighted by Gasteiger charge is 2.23. The van der Waals surface area contributed by atoms with Crippen LogP contribution in [0.25, 0.3) is 11.3 Å². The Balaban J connectivity index is 1.33. The molecule has 1 aromatic carbocycles. The van der Waals surface area contributed by atoms with E-state index in [0.717, 1.165) is 18.4 Å². The lowest BCUT2D eigenvalue weighted by molar-refractivity contribution is -0.384. The van der Waals surface area contributed by atoms with Crippen LogP contribution in [0.15, 0.2) is 36.5 Å². The second kappa shape index (κ2) is 12.7. The third kappa shape index (κ3) is 6.89. The van der Waals surface area contributed by atoms with Gasteiger partial charge in [-0.3, -0.25) is 15.1 Å². The first-order valence-electron chi connectivity index (χ1n) is 12.7. The van der Waals surface area contributed by atoms with E-state index in [-0.39, 0.29) is 11.6 Å². The Morgan fingerprint density at radius 2 is 2.05 bits per heavy atom. The number of aromatic nitrogens is 3. The molecular weight excluding hydrogens is 506 g/mol. The number of anilines is 1. The van der Waals surface area contributed by atoms with E-state index in [9.17, 15) is 14.9 Å². The molecule has 0 bridgehead atoms. The molecule has 4 rings (SSSR count). The summed E-state index contributed by atoms with van der Waals surface area (Å²) in [7, 11) is 3.12. The van der Waals surface area contributed by atoms with Crippen molar-refractivity contribution in [1.29, 1.82) is 0 Å². The van der Waals surface area contributed by atoms with Gasteiger partial charge in [0.05, 0.1) is 54.9 Å². The summed E-state index contributed by atoms with van der Waals surface area (Å²) < 4.78 is 23.6. The Morgan fingerprint density at radius 1 is 1.28 bits per heavy atom. The maximum absolute atomic E-state index is 12.0. The van der Waals surface area contributed by atoms with Crippen LogP contribution in [-0.4, -0.2) is 59.1 Å². The van der Waals surface area contributed by atoms with Gasteiger partial charge in [-0.15, -0.1) is 0 Å². The van der Waals surface area contributed by atoms with E-state index in [0.29, 0.717) is 60.4 Å². The highest BCUT2D eigenvalue weighted by Crippen LogP contribution is 2.32. The molecule has 0 aliphatic carbocycles. The van der Waals surface area contributed by atoms with Crippen molar-refractivity contribution >= 4 is 17.3 Å². The zero-order valence-electron chi connectivity index (χ0n) is 22.5. The summed E-state index contributed by atoms with van der Waals surface area (Å²) in [6.45, 7) is 5.88. The molecule has 12 heteroatoms. The number of hydrogen-bond donors (Lipinski definition) is 1. The average molecular weight is 540 g/mol. The molecule has 0 unspecified atom stereocenters. The largest absolute Gasteiger partial charge is 0.477 e. The monoisotopic (exact) mass is 539 g/mol. The van der Waals surface area contributed by atoms with Gasteiger partial charge in [-0.1, -0.05) is 6.92 Å². The van der Waals surface area contributed by atoms with Gasteiger partial charge < -0.3 is 24.3 Å². The van der Waals surface area contributed by atoms with E-state index in [1.165, 1.54) is 13.2 Å². The summed E-state index contributed by atoms with van der Waals surface area (Å²) in [4.78, 5) is 27.7. The zero-order chi connectivity index (χ0) is 27.9. The van der Waals surface area contributed by atoms with Gasteiger partial charge in [0.2, 0.25) is 5.88 Å². The summed E-state index contributed by atoms with van der Waals surface area (Å²) >= 11 is 0. The topological polar surface area (TPSA) is 140 Å². The van der Waals surface area contributed by atoms with Gasteiger partial charge in [-0.25, -0.2) is 9.48 Å². The Bertz CT molecular complexity index is 1320. The molecule has 39 heavy (non-hydrogen) atoms. The molecule has 12 nitrogen and oxygen atoms in total. The molecule has 1 fully saturated rings. The van der Waals surface area contributed by atoms with Crippen LogP contribution in [0.5, 0.6) is 5.88 Å². The number of nitrogens with zero attached hydrogens (tertiary/aromatic N) is 4. The Kier molecular flexibility index (Phi) is 9.10. The third-order valence-corrected chi connectivity index (χ3v) is 6.37. The number of nitrogens with one attached hydrogen (secondary N) is 1. The van der Waals surface area contributed by atoms with E-state index in [1.807, 2.05) is 6.92 Å². The molecule has 1 aliphatic heterocycles. The summed E-state index contributed by atoms with van der Waals surface area (Å²) in [6.07, 6.45) is 2.75. The molecule has 0 radical (unpaired) electrons. The SMILES string of the molecule is COC(=O)c1cc(C)nc(-c2cnn(C)c2OCCC[C@@H](C)CNc2cc(C3OCCO3)ccc2[N+](=O)[O-])c1. The van der Waals surface area contributed by atoms with Gasteiger partial charge in [0.25, 0.3) is 5.69 Å². The normalized spacial score (nSPS) is 14.3. The molecule has 1 aliphatic rings. The highest BCUT2D eigenvalue weighted by molar-refractivity contribution is 5.90. The lowest BCUT2D eigenvalue weighted by atomic mass is 10.1. The van der Waals surface area contributed by atoms with E-state index in [1.54, 1.807) is 42.2 Å². The van der Waals surface area contributed by atoms with E-state index < -0.39 is 17.2 Å². The number of aryl methyl sites for hydroxylation is 2. The van der Waals surface area contributed by atoms with Crippen LogP contribution in [0.3, 0.4) is 0 Å². The van der Waals surface area contributed by atoms with Crippen molar-refractivity contribution in [2.75, 3.05) is 38.8 Å². The Hall–Kier alpha value is -4.03. The van der Waals surface area contributed by atoms with Crippen molar-refractivity contribution < 1.29 is 28.7 Å². The van der Waals surface area contributed by atoms with Crippen molar-refractivity contribution in [3.8, 4) is 17.1 Å². The predicted molar refractivity (Wildman–Crippen MR) is 143 cm³/mol. The van der Waals surface area contributed by atoms with Gasteiger partial charge in [-0.2, -0.15) is 5.10 Å². The number of carbonyl (C=O) groups excluding carboxylic acids is 1. The molecule has 1 N–H and O–H groups in total. The molecule has 1 atom stereocenters. The number of rotatable bonds is 12. The second-order valence-corrected chi connectivity index (χ2v) is 9.44. The van der Waals surface area contributed by atoms with Crippen LogP contribution in [-0.2, 0) is 21.3 Å². The van der Waals surface area contributed by atoms with Crippen LogP contribution in [0.4, 0.5) is 11.4 Å². The minimum atomic E-state index is -0.500. The molecule has 3 aromatic rings. The maximum atomic E-state index is 12.0. The van der Waals surface area contributed by atoms with Crippen LogP contribution < -0.4 is 10.1 Å².